The van der Waals surface area contributed by atoms with Crippen molar-refractivity contribution in [2.45, 2.75) is 32.7 Å². The van der Waals surface area contributed by atoms with Crippen LogP contribution in [-0.4, -0.2) is 4.98 Å². The zero-order chi connectivity index (χ0) is 13.3. The second-order valence-electron chi connectivity index (χ2n) is 5.05. The summed E-state index contributed by atoms with van der Waals surface area (Å²) in [4.78, 5) is 5.75. The van der Waals surface area contributed by atoms with Crippen LogP contribution in [0.3, 0.4) is 0 Å². The van der Waals surface area contributed by atoms with Crippen molar-refractivity contribution in [1.29, 1.82) is 0 Å². The van der Waals surface area contributed by atoms with E-state index in [0.717, 1.165) is 27.0 Å². The summed E-state index contributed by atoms with van der Waals surface area (Å²) in [5.74, 6) is 0. The Morgan fingerprint density at radius 3 is 2.67 bits per heavy atom. The first-order chi connectivity index (χ1) is 8.36. The van der Waals surface area contributed by atoms with Crippen LogP contribution in [0.4, 0.5) is 0 Å². The van der Waals surface area contributed by atoms with Gasteiger partial charge in [0.15, 0.2) is 0 Å². The first-order valence-corrected chi connectivity index (χ1v) is 7.06. The monoisotopic (exact) mass is 280 g/mol. The normalized spacial score (nSPS) is 11.8. The molecule has 0 aliphatic carbocycles. The van der Waals surface area contributed by atoms with E-state index in [1.807, 2.05) is 39.0 Å². The molecule has 0 spiro atoms. The molecule has 0 saturated carbocycles. The quantitative estimate of drug-likeness (QED) is 0.926. The van der Waals surface area contributed by atoms with Gasteiger partial charge < -0.3 is 5.73 Å². The van der Waals surface area contributed by atoms with Crippen molar-refractivity contribution in [3.63, 3.8) is 0 Å². The molecule has 2 nitrogen and oxygen atoms in total. The molecule has 0 unspecified atom stereocenters. The molecule has 0 aliphatic heterocycles. The van der Waals surface area contributed by atoms with Crippen molar-refractivity contribution in [1.82, 2.24) is 4.98 Å². The molecule has 0 bridgehead atoms. The van der Waals surface area contributed by atoms with Crippen LogP contribution in [0.25, 0.3) is 0 Å². The van der Waals surface area contributed by atoms with Gasteiger partial charge in [0.2, 0.25) is 0 Å². The first-order valence-electron chi connectivity index (χ1n) is 5.86. The maximum atomic E-state index is 6.14. The lowest BCUT2D eigenvalue weighted by atomic mass is 10.0. The van der Waals surface area contributed by atoms with E-state index in [1.54, 1.807) is 11.3 Å². The Morgan fingerprint density at radius 2 is 2.11 bits per heavy atom. The van der Waals surface area contributed by atoms with Gasteiger partial charge in [0, 0.05) is 21.9 Å². The standard InChI is InChI=1S/C14H17ClN2S/c1-9-13(14(2,3)16)18-12(17-9)8-10-5-4-6-11(15)7-10/h4-7H,8,16H2,1-3H3. The van der Waals surface area contributed by atoms with Crippen LogP contribution in [0.5, 0.6) is 0 Å². The van der Waals surface area contributed by atoms with E-state index in [9.17, 15) is 0 Å². The highest BCUT2D eigenvalue weighted by Crippen LogP contribution is 2.29. The molecule has 18 heavy (non-hydrogen) atoms. The van der Waals surface area contributed by atoms with Gasteiger partial charge in [-0.15, -0.1) is 11.3 Å². The number of hydrogen-bond donors (Lipinski definition) is 1. The van der Waals surface area contributed by atoms with E-state index in [1.165, 1.54) is 5.56 Å². The summed E-state index contributed by atoms with van der Waals surface area (Å²) in [5, 5.41) is 1.85. The highest BCUT2D eigenvalue weighted by molar-refractivity contribution is 7.11. The molecule has 2 rings (SSSR count). The summed E-state index contributed by atoms with van der Waals surface area (Å²) in [5.41, 5.74) is 8.02. The highest BCUT2D eigenvalue weighted by Gasteiger charge is 2.21. The van der Waals surface area contributed by atoms with E-state index in [-0.39, 0.29) is 5.54 Å². The van der Waals surface area contributed by atoms with Crippen molar-refractivity contribution in [3.05, 3.63) is 50.4 Å². The number of halogens is 1. The Bertz CT molecular complexity index is 555. The number of nitrogens with two attached hydrogens (primary N) is 1. The molecule has 0 aliphatic rings. The zero-order valence-corrected chi connectivity index (χ0v) is 12.4. The fourth-order valence-corrected chi connectivity index (χ4v) is 3.27. The van der Waals surface area contributed by atoms with Gasteiger partial charge in [-0.05, 0) is 38.5 Å². The maximum absolute atomic E-state index is 6.14. The predicted molar refractivity (Wildman–Crippen MR) is 78.3 cm³/mol. The number of aryl methyl sites for hydroxylation is 1. The summed E-state index contributed by atoms with van der Waals surface area (Å²) < 4.78 is 0. The van der Waals surface area contributed by atoms with E-state index in [2.05, 4.69) is 11.1 Å². The van der Waals surface area contributed by atoms with Gasteiger partial charge in [-0.2, -0.15) is 0 Å². The average Bonchev–Trinajstić information content (AvgIpc) is 2.59. The lowest BCUT2D eigenvalue weighted by molar-refractivity contribution is 0.562. The number of benzene rings is 1. The highest BCUT2D eigenvalue weighted by atomic mass is 35.5. The molecule has 1 heterocycles. The molecule has 0 radical (unpaired) electrons. The molecule has 1 aromatic heterocycles. The number of rotatable bonds is 3. The molecule has 0 amide bonds. The largest absolute Gasteiger partial charge is 0.321 e. The summed E-state index contributed by atoms with van der Waals surface area (Å²) in [6.45, 7) is 6.04. The number of aromatic nitrogens is 1. The summed E-state index contributed by atoms with van der Waals surface area (Å²) in [7, 11) is 0. The topological polar surface area (TPSA) is 38.9 Å². The Balaban J connectivity index is 2.26. The van der Waals surface area contributed by atoms with Crippen LogP contribution in [0.1, 0.15) is 35.0 Å². The smallest absolute Gasteiger partial charge is 0.0975 e. The molecule has 4 heteroatoms. The second kappa shape index (κ2) is 5.00. The fraction of sp³-hybridized carbons (Fsp3) is 0.357. The molecule has 0 saturated heterocycles. The second-order valence-corrected chi connectivity index (χ2v) is 6.57. The predicted octanol–water partition coefficient (Wildman–Crippen LogP) is 3.89. The van der Waals surface area contributed by atoms with Crippen LogP contribution in [0, 0.1) is 6.92 Å². The first kappa shape index (κ1) is 13.5. The molecular weight excluding hydrogens is 264 g/mol. The van der Waals surface area contributed by atoms with Crippen molar-refractivity contribution >= 4 is 22.9 Å². The minimum atomic E-state index is -0.325. The van der Waals surface area contributed by atoms with Crippen LogP contribution in [0.15, 0.2) is 24.3 Å². The Hall–Kier alpha value is -0.900. The minimum absolute atomic E-state index is 0.325. The van der Waals surface area contributed by atoms with Crippen LogP contribution >= 0.6 is 22.9 Å². The molecule has 2 N–H and O–H groups in total. The molecule has 0 atom stereocenters. The molecule has 96 valence electrons. The van der Waals surface area contributed by atoms with Crippen molar-refractivity contribution in [3.8, 4) is 0 Å². The Kier molecular flexibility index (Phi) is 3.76. The lowest BCUT2D eigenvalue weighted by Gasteiger charge is -2.16. The Morgan fingerprint density at radius 1 is 1.39 bits per heavy atom. The minimum Gasteiger partial charge on any atom is -0.321 e. The van der Waals surface area contributed by atoms with E-state index >= 15 is 0 Å². The van der Waals surface area contributed by atoms with Gasteiger partial charge >= 0.3 is 0 Å². The van der Waals surface area contributed by atoms with Gasteiger partial charge in [-0.25, -0.2) is 4.98 Å². The van der Waals surface area contributed by atoms with Crippen LogP contribution in [0.2, 0.25) is 5.02 Å². The SMILES string of the molecule is Cc1nc(Cc2cccc(Cl)c2)sc1C(C)(C)N. The van der Waals surface area contributed by atoms with Crippen LogP contribution in [-0.2, 0) is 12.0 Å². The van der Waals surface area contributed by atoms with Crippen molar-refractivity contribution in [2.24, 2.45) is 5.73 Å². The van der Waals surface area contributed by atoms with Crippen LogP contribution < -0.4 is 5.73 Å². The van der Waals surface area contributed by atoms with Gasteiger partial charge in [0.05, 0.1) is 10.7 Å². The molecular formula is C14H17ClN2S. The summed E-state index contributed by atoms with van der Waals surface area (Å²) in [6.07, 6.45) is 0.808. The molecule has 1 aromatic carbocycles. The number of hydrogen-bond acceptors (Lipinski definition) is 3. The Labute approximate surface area is 117 Å². The van der Waals surface area contributed by atoms with Crippen molar-refractivity contribution in [2.75, 3.05) is 0 Å². The zero-order valence-electron chi connectivity index (χ0n) is 10.8. The van der Waals surface area contributed by atoms with Gasteiger partial charge in [0.1, 0.15) is 0 Å². The van der Waals surface area contributed by atoms with E-state index < -0.39 is 0 Å². The van der Waals surface area contributed by atoms with Gasteiger partial charge in [-0.3, -0.25) is 0 Å². The number of nitrogens with zero attached hydrogens (tertiary/aromatic N) is 1. The lowest BCUT2D eigenvalue weighted by Crippen LogP contribution is -2.28. The third-order valence-electron chi connectivity index (χ3n) is 2.67. The third kappa shape index (κ3) is 3.10. The van der Waals surface area contributed by atoms with E-state index in [0.29, 0.717) is 0 Å². The van der Waals surface area contributed by atoms with Gasteiger partial charge in [0.25, 0.3) is 0 Å². The van der Waals surface area contributed by atoms with Crippen molar-refractivity contribution < 1.29 is 0 Å². The molecule has 2 aromatic rings. The maximum Gasteiger partial charge on any atom is 0.0975 e. The van der Waals surface area contributed by atoms with E-state index in [4.69, 9.17) is 17.3 Å². The summed E-state index contributed by atoms with van der Waals surface area (Å²) in [6, 6.07) is 7.89. The fourth-order valence-electron chi connectivity index (χ4n) is 1.95. The molecule has 0 fully saturated rings. The average molecular weight is 281 g/mol. The number of thiazole rings is 1. The third-order valence-corrected chi connectivity index (χ3v) is 4.40. The summed E-state index contributed by atoms with van der Waals surface area (Å²) >= 11 is 7.67. The van der Waals surface area contributed by atoms with Gasteiger partial charge in [-0.1, -0.05) is 23.7 Å².